The van der Waals surface area contributed by atoms with Crippen molar-refractivity contribution in [2.45, 2.75) is 33.6 Å². The van der Waals surface area contributed by atoms with Gasteiger partial charge in [0.2, 0.25) is 0 Å². The van der Waals surface area contributed by atoms with Crippen LogP contribution < -0.4 is 20.1 Å². The van der Waals surface area contributed by atoms with E-state index in [-0.39, 0.29) is 24.0 Å². The van der Waals surface area contributed by atoms with E-state index in [1.165, 1.54) is 0 Å². The molecule has 0 heterocycles. The second-order valence-corrected chi connectivity index (χ2v) is 5.09. The summed E-state index contributed by atoms with van der Waals surface area (Å²) >= 11 is 0. The van der Waals surface area contributed by atoms with Gasteiger partial charge in [-0.05, 0) is 45.7 Å². The van der Waals surface area contributed by atoms with Gasteiger partial charge in [0, 0.05) is 38.1 Å². The molecule has 7 heteroatoms. The maximum atomic E-state index is 5.54. The van der Waals surface area contributed by atoms with Gasteiger partial charge in [-0.1, -0.05) is 0 Å². The first kappa shape index (κ1) is 23.8. The molecule has 0 aromatic heterocycles. The van der Waals surface area contributed by atoms with Gasteiger partial charge in [0.05, 0.1) is 13.7 Å². The van der Waals surface area contributed by atoms with Crippen LogP contribution in [0.1, 0.15) is 33.6 Å². The number of methoxy groups -OCH3 is 1. The largest absolute Gasteiger partial charge is 0.493 e. The average molecular weight is 465 g/mol. The van der Waals surface area contributed by atoms with Gasteiger partial charge in [0.25, 0.3) is 0 Å². The molecule has 0 aliphatic carbocycles. The number of nitrogens with zero attached hydrogens (tertiary/aromatic N) is 1. The minimum Gasteiger partial charge on any atom is -0.493 e. The Morgan fingerprint density at radius 3 is 2.52 bits per heavy atom. The zero-order valence-electron chi connectivity index (χ0n) is 15.8. The molecule has 144 valence electrons. The monoisotopic (exact) mass is 465 g/mol. The van der Waals surface area contributed by atoms with E-state index in [4.69, 9.17) is 14.2 Å². The highest BCUT2D eigenvalue weighted by atomic mass is 127. The van der Waals surface area contributed by atoms with Crippen molar-refractivity contribution in [1.82, 2.24) is 5.32 Å². The van der Waals surface area contributed by atoms with Crippen molar-refractivity contribution < 1.29 is 14.2 Å². The highest BCUT2D eigenvalue weighted by Gasteiger charge is 2.06. The van der Waals surface area contributed by atoms with Crippen LogP contribution in [0.2, 0.25) is 0 Å². The normalized spacial score (nSPS) is 10.8. The Kier molecular flexibility index (Phi) is 14.3. The fourth-order valence-electron chi connectivity index (χ4n) is 2.12. The number of hydrogen-bond acceptors (Lipinski definition) is 4. The molecular weight excluding hydrogens is 433 g/mol. The Morgan fingerprint density at radius 1 is 1.08 bits per heavy atom. The molecule has 0 radical (unpaired) electrons. The van der Waals surface area contributed by atoms with Crippen LogP contribution in [0.25, 0.3) is 0 Å². The Bertz CT molecular complexity index is 498. The number of unbranched alkanes of at least 4 members (excludes halogenated alkanes) is 1. The first-order valence-electron chi connectivity index (χ1n) is 8.69. The third-order valence-corrected chi connectivity index (χ3v) is 3.24. The fourth-order valence-corrected chi connectivity index (χ4v) is 2.12. The summed E-state index contributed by atoms with van der Waals surface area (Å²) in [5.41, 5.74) is 0.907. The maximum Gasteiger partial charge on any atom is 0.195 e. The van der Waals surface area contributed by atoms with Gasteiger partial charge in [0.1, 0.15) is 0 Å². The highest BCUT2D eigenvalue weighted by molar-refractivity contribution is 14.0. The Morgan fingerprint density at radius 2 is 1.88 bits per heavy atom. The van der Waals surface area contributed by atoms with Crippen LogP contribution >= 0.6 is 24.0 Å². The molecule has 0 unspecified atom stereocenters. The lowest BCUT2D eigenvalue weighted by molar-refractivity contribution is 0.144. The molecule has 0 aliphatic heterocycles. The molecule has 25 heavy (non-hydrogen) atoms. The zero-order valence-corrected chi connectivity index (χ0v) is 18.1. The molecule has 0 fully saturated rings. The zero-order chi connectivity index (χ0) is 17.6. The molecule has 1 rings (SSSR count). The lowest BCUT2D eigenvalue weighted by atomic mass is 10.2. The van der Waals surface area contributed by atoms with E-state index < -0.39 is 0 Å². The van der Waals surface area contributed by atoms with Gasteiger partial charge in [-0.25, -0.2) is 0 Å². The molecule has 0 spiro atoms. The molecule has 1 aromatic rings. The first-order valence-corrected chi connectivity index (χ1v) is 8.69. The molecule has 0 saturated carbocycles. The topological polar surface area (TPSA) is 64.1 Å². The number of rotatable bonds is 11. The summed E-state index contributed by atoms with van der Waals surface area (Å²) in [7, 11) is 1.64. The van der Waals surface area contributed by atoms with Crippen molar-refractivity contribution in [3.05, 3.63) is 18.2 Å². The summed E-state index contributed by atoms with van der Waals surface area (Å²) in [4.78, 5) is 4.59. The van der Waals surface area contributed by atoms with Crippen LogP contribution in [0.3, 0.4) is 0 Å². The standard InChI is InChI=1S/C18H31N3O3.HI/c1-5-19-18(20-12-8-9-13-23-6-2)21-15-10-11-16(24-7-3)17(14-15)22-4;/h10-11,14H,5-9,12-13H2,1-4H3,(H2,19,20,21);1H. The van der Waals surface area contributed by atoms with E-state index in [1.54, 1.807) is 7.11 Å². The number of nitrogens with one attached hydrogen (secondary N) is 2. The fraction of sp³-hybridized carbons (Fsp3) is 0.611. The van der Waals surface area contributed by atoms with E-state index in [2.05, 4.69) is 15.6 Å². The predicted molar refractivity (Wildman–Crippen MR) is 115 cm³/mol. The third-order valence-electron chi connectivity index (χ3n) is 3.24. The van der Waals surface area contributed by atoms with Crippen LogP contribution in [0.15, 0.2) is 23.2 Å². The summed E-state index contributed by atoms with van der Waals surface area (Å²) < 4.78 is 16.2. The van der Waals surface area contributed by atoms with E-state index >= 15 is 0 Å². The number of ether oxygens (including phenoxy) is 3. The van der Waals surface area contributed by atoms with Crippen LogP contribution in [-0.4, -0.2) is 46.0 Å². The second-order valence-electron chi connectivity index (χ2n) is 5.09. The summed E-state index contributed by atoms with van der Waals surface area (Å²) in [6.07, 6.45) is 2.02. The van der Waals surface area contributed by atoms with Crippen molar-refractivity contribution in [3.8, 4) is 11.5 Å². The molecule has 0 bridgehead atoms. The quantitative estimate of drug-likeness (QED) is 0.225. The van der Waals surface area contributed by atoms with E-state index in [0.29, 0.717) is 12.4 Å². The van der Waals surface area contributed by atoms with Gasteiger partial charge >= 0.3 is 0 Å². The second kappa shape index (κ2) is 15.1. The molecule has 0 aliphatic rings. The van der Waals surface area contributed by atoms with Crippen LogP contribution in [0.5, 0.6) is 11.5 Å². The maximum absolute atomic E-state index is 5.54. The third kappa shape index (κ3) is 9.74. The number of halogens is 1. The molecule has 6 nitrogen and oxygen atoms in total. The smallest absolute Gasteiger partial charge is 0.195 e. The number of benzene rings is 1. The van der Waals surface area contributed by atoms with Gasteiger partial charge < -0.3 is 24.8 Å². The lowest BCUT2D eigenvalue weighted by Gasteiger charge is -2.14. The van der Waals surface area contributed by atoms with Gasteiger partial charge in [0.15, 0.2) is 17.5 Å². The summed E-state index contributed by atoms with van der Waals surface area (Å²) in [6.45, 7) is 9.75. The summed E-state index contributed by atoms with van der Waals surface area (Å²) in [6, 6.07) is 5.76. The van der Waals surface area contributed by atoms with Crippen molar-refractivity contribution >= 4 is 35.6 Å². The van der Waals surface area contributed by atoms with Crippen molar-refractivity contribution in [1.29, 1.82) is 0 Å². The predicted octanol–water partition coefficient (Wildman–Crippen LogP) is 3.91. The molecular formula is C18H32IN3O3. The van der Waals surface area contributed by atoms with Gasteiger partial charge in [-0.15, -0.1) is 24.0 Å². The Balaban J connectivity index is 0.00000576. The number of aliphatic imine (C=N–C) groups is 1. The van der Waals surface area contributed by atoms with Gasteiger partial charge in [-0.3, -0.25) is 4.99 Å². The van der Waals surface area contributed by atoms with E-state index in [9.17, 15) is 0 Å². The Hall–Kier alpha value is -1.22. The molecule has 1 aromatic carbocycles. The Labute approximate surface area is 168 Å². The minimum absolute atomic E-state index is 0. The molecule has 2 N–H and O–H groups in total. The molecule has 0 amide bonds. The lowest BCUT2D eigenvalue weighted by Crippen LogP contribution is -2.30. The summed E-state index contributed by atoms with van der Waals surface area (Å²) in [5.74, 6) is 2.21. The minimum atomic E-state index is 0. The van der Waals surface area contributed by atoms with E-state index in [1.807, 2.05) is 39.0 Å². The first-order chi connectivity index (χ1) is 11.7. The number of guanidine groups is 1. The van der Waals surface area contributed by atoms with Crippen molar-refractivity contribution in [2.24, 2.45) is 4.99 Å². The summed E-state index contributed by atoms with van der Waals surface area (Å²) in [5, 5.41) is 6.54. The van der Waals surface area contributed by atoms with Crippen molar-refractivity contribution in [3.63, 3.8) is 0 Å². The number of anilines is 1. The van der Waals surface area contributed by atoms with Crippen LogP contribution in [-0.2, 0) is 4.74 Å². The van der Waals surface area contributed by atoms with Crippen LogP contribution in [0, 0.1) is 0 Å². The number of hydrogen-bond donors (Lipinski definition) is 2. The SMILES string of the molecule is CCNC(=NCCCCOCC)Nc1ccc(OCC)c(OC)c1.I. The van der Waals surface area contributed by atoms with E-state index in [0.717, 1.165) is 56.5 Å². The van der Waals surface area contributed by atoms with Crippen molar-refractivity contribution in [2.75, 3.05) is 45.3 Å². The average Bonchev–Trinajstić information content (AvgIpc) is 2.59. The van der Waals surface area contributed by atoms with Crippen LogP contribution in [0.4, 0.5) is 5.69 Å². The molecule has 0 saturated heterocycles. The van der Waals surface area contributed by atoms with Gasteiger partial charge in [-0.2, -0.15) is 0 Å². The molecule has 0 atom stereocenters. The highest BCUT2D eigenvalue weighted by Crippen LogP contribution is 2.30.